The van der Waals surface area contributed by atoms with Crippen molar-refractivity contribution in [2.24, 2.45) is 0 Å². The van der Waals surface area contributed by atoms with Crippen molar-refractivity contribution in [3.8, 4) is 0 Å². The summed E-state index contributed by atoms with van der Waals surface area (Å²) in [4.78, 5) is 13.7. The van der Waals surface area contributed by atoms with E-state index < -0.39 is 0 Å². The van der Waals surface area contributed by atoms with Gasteiger partial charge in [0.15, 0.2) is 0 Å². The highest BCUT2D eigenvalue weighted by atomic mass is 32.2. The van der Waals surface area contributed by atoms with E-state index in [9.17, 15) is 0 Å². The molecule has 0 aromatic carbocycles. The molecule has 114 valence electrons. The summed E-state index contributed by atoms with van der Waals surface area (Å²) in [6.45, 7) is 13.1. The summed E-state index contributed by atoms with van der Waals surface area (Å²) in [7, 11) is 0. The lowest BCUT2D eigenvalue weighted by Gasteiger charge is -2.20. The number of aryl methyl sites for hydroxylation is 1. The van der Waals surface area contributed by atoms with E-state index in [2.05, 4.69) is 43.0 Å². The van der Waals surface area contributed by atoms with E-state index in [-0.39, 0.29) is 5.41 Å². The normalized spacial score (nSPS) is 11.7. The van der Waals surface area contributed by atoms with Gasteiger partial charge in [-0.1, -0.05) is 20.8 Å². The first-order valence-electron chi connectivity index (χ1n) is 7.04. The van der Waals surface area contributed by atoms with Crippen molar-refractivity contribution < 1.29 is 4.42 Å². The molecular formula is C15H22N4OS. The molecule has 0 aliphatic carbocycles. The zero-order valence-corrected chi connectivity index (χ0v) is 14.3. The summed E-state index contributed by atoms with van der Waals surface area (Å²) < 4.78 is 5.42. The second kappa shape index (κ2) is 6.05. The highest BCUT2D eigenvalue weighted by Crippen LogP contribution is 2.33. The molecule has 0 unspecified atom stereocenters. The molecule has 0 radical (unpaired) electrons. The zero-order chi connectivity index (χ0) is 15.6. The first-order chi connectivity index (χ1) is 9.81. The molecule has 2 heterocycles. The Morgan fingerprint density at radius 2 is 1.90 bits per heavy atom. The van der Waals surface area contributed by atoms with Crippen LogP contribution in [0.2, 0.25) is 0 Å². The van der Waals surface area contributed by atoms with E-state index in [4.69, 9.17) is 9.40 Å². The quantitative estimate of drug-likeness (QED) is 0.863. The van der Waals surface area contributed by atoms with E-state index in [1.165, 1.54) is 11.8 Å². The third kappa shape index (κ3) is 3.75. The molecule has 0 aliphatic heterocycles. The summed E-state index contributed by atoms with van der Waals surface area (Å²) in [5.74, 6) is 1.69. The summed E-state index contributed by atoms with van der Waals surface area (Å²) in [5.41, 5.74) is 1.78. The zero-order valence-electron chi connectivity index (χ0n) is 13.4. The predicted molar refractivity (Wildman–Crippen MR) is 85.0 cm³/mol. The van der Waals surface area contributed by atoms with Crippen molar-refractivity contribution in [2.45, 2.75) is 57.2 Å². The molecule has 0 fully saturated rings. The predicted octanol–water partition coefficient (Wildman–Crippen LogP) is 3.96. The molecule has 2 rings (SSSR count). The fraction of sp³-hybridized carbons (Fsp3) is 0.533. The van der Waals surface area contributed by atoms with Gasteiger partial charge >= 0.3 is 0 Å². The van der Waals surface area contributed by atoms with Crippen LogP contribution in [0.5, 0.6) is 0 Å². The van der Waals surface area contributed by atoms with Gasteiger partial charge in [0.2, 0.25) is 0 Å². The van der Waals surface area contributed by atoms with E-state index in [1.54, 1.807) is 6.26 Å². The molecule has 6 heteroatoms. The molecule has 0 saturated heterocycles. The lowest BCUT2D eigenvalue weighted by atomic mass is 9.95. The standard InChI is InChI=1S/C15H22N4OS/c1-7-16-11-10(3)12(19-13(18-11)15(4,5)6)21-14-17-9(2)8-20-14/h8H,7H2,1-6H3,(H,16,18,19). The Kier molecular flexibility index (Phi) is 4.56. The van der Waals surface area contributed by atoms with Gasteiger partial charge in [-0.2, -0.15) is 0 Å². The number of oxazole rings is 1. The Bertz CT molecular complexity index is 631. The maximum Gasteiger partial charge on any atom is 0.262 e. The van der Waals surface area contributed by atoms with Gasteiger partial charge in [-0.15, -0.1) is 0 Å². The molecule has 0 spiro atoms. The Morgan fingerprint density at radius 3 is 2.43 bits per heavy atom. The van der Waals surface area contributed by atoms with Crippen molar-refractivity contribution >= 4 is 17.6 Å². The van der Waals surface area contributed by atoms with Crippen molar-refractivity contribution in [1.29, 1.82) is 0 Å². The summed E-state index contributed by atoms with van der Waals surface area (Å²) in [6.07, 6.45) is 1.65. The summed E-state index contributed by atoms with van der Waals surface area (Å²) in [5, 5.41) is 4.79. The lowest BCUT2D eigenvalue weighted by Crippen LogP contribution is -2.18. The Balaban J connectivity index is 2.45. The average Bonchev–Trinajstić information content (AvgIpc) is 2.78. The Hall–Kier alpha value is -1.56. The van der Waals surface area contributed by atoms with Crippen LogP contribution in [-0.2, 0) is 5.41 Å². The number of hydrogen-bond donors (Lipinski definition) is 1. The smallest absolute Gasteiger partial charge is 0.262 e. The van der Waals surface area contributed by atoms with Crippen LogP contribution in [0.3, 0.4) is 0 Å². The van der Waals surface area contributed by atoms with Crippen LogP contribution in [-0.4, -0.2) is 21.5 Å². The van der Waals surface area contributed by atoms with E-state index in [1.807, 2.05) is 13.8 Å². The van der Waals surface area contributed by atoms with Gasteiger partial charge in [-0.05, 0) is 32.5 Å². The van der Waals surface area contributed by atoms with E-state index in [0.717, 1.165) is 34.5 Å². The molecule has 1 N–H and O–H groups in total. The van der Waals surface area contributed by atoms with Crippen LogP contribution in [0, 0.1) is 13.8 Å². The third-order valence-corrected chi connectivity index (χ3v) is 3.85. The average molecular weight is 306 g/mol. The monoisotopic (exact) mass is 306 g/mol. The number of nitrogens with one attached hydrogen (secondary N) is 1. The second-order valence-corrected chi connectivity index (χ2v) is 6.90. The largest absolute Gasteiger partial charge is 0.439 e. The minimum atomic E-state index is -0.111. The molecule has 0 bridgehead atoms. The van der Waals surface area contributed by atoms with Gasteiger partial charge in [0.1, 0.15) is 22.9 Å². The summed E-state index contributed by atoms with van der Waals surface area (Å²) >= 11 is 1.44. The number of aromatic nitrogens is 3. The molecule has 2 aromatic heterocycles. The first kappa shape index (κ1) is 15.8. The maximum absolute atomic E-state index is 5.42. The van der Waals surface area contributed by atoms with Crippen LogP contribution in [0.4, 0.5) is 5.82 Å². The maximum atomic E-state index is 5.42. The van der Waals surface area contributed by atoms with Gasteiger partial charge in [-0.25, -0.2) is 15.0 Å². The van der Waals surface area contributed by atoms with Gasteiger partial charge < -0.3 is 9.73 Å². The number of hydrogen-bond acceptors (Lipinski definition) is 6. The van der Waals surface area contributed by atoms with Gasteiger partial charge in [0.05, 0.1) is 5.69 Å². The third-order valence-electron chi connectivity index (χ3n) is 2.90. The molecule has 2 aromatic rings. The van der Waals surface area contributed by atoms with Crippen LogP contribution in [0.25, 0.3) is 0 Å². The Labute approximate surface area is 130 Å². The van der Waals surface area contributed by atoms with Gasteiger partial charge in [-0.3, -0.25) is 0 Å². The van der Waals surface area contributed by atoms with Crippen LogP contribution in [0.15, 0.2) is 20.9 Å². The molecule has 0 atom stereocenters. The minimum Gasteiger partial charge on any atom is -0.439 e. The topological polar surface area (TPSA) is 63.8 Å². The van der Waals surface area contributed by atoms with Gasteiger partial charge in [0.25, 0.3) is 5.22 Å². The second-order valence-electron chi connectivity index (χ2n) is 5.96. The fourth-order valence-corrected chi connectivity index (χ4v) is 2.57. The number of nitrogens with zero attached hydrogens (tertiary/aromatic N) is 3. The minimum absolute atomic E-state index is 0.111. The van der Waals surface area contributed by atoms with Gasteiger partial charge in [0, 0.05) is 17.5 Å². The summed E-state index contributed by atoms with van der Waals surface area (Å²) in [6, 6.07) is 0. The van der Waals surface area contributed by atoms with Crippen molar-refractivity contribution in [3.63, 3.8) is 0 Å². The Morgan fingerprint density at radius 1 is 1.19 bits per heavy atom. The first-order valence-corrected chi connectivity index (χ1v) is 7.86. The van der Waals surface area contributed by atoms with E-state index >= 15 is 0 Å². The molecule has 5 nitrogen and oxygen atoms in total. The van der Waals surface area contributed by atoms with Crippen molar-refractivity contribution in [3.05, 3.63) is 23.3 Å². The highest BCUT2D eigenvalue weighted by Gasteiger charge is 2.22. The fourth-order valence-electron chi connectivity index (χ4n) is 1.73. The van der Waals surface area contributed by atoms with Crippen LogP contribution in [0.1, 0.15) is 44.8 Å². The van der Waals surface area contributed by atoms with Crippen molar-refractivity contribution in [1.82, 2.24) is 15.0 Å². The molecule has 0 saturated carbocycles. The molecule has 0 aliphatic rings. The highest BCUT2D eigenvalue weighted by molar-refractivity contribution is 7.99. The van der Waals surface area contributed by atoms with Crippen LogP contribution >= 0.6 is 11.8 Å². The van der Waals surface area contributed by atoms with E-state index in [0.29, 0.717) is 5.22 Å². The number of anilines is 1. The molecular weight excluding hydrogens is 284 g/mol. The van der Waals surface area contributed by atoms with Crippen LogP contribution < -0.4 is 5.32 Å². The van der Waals surface area contributed by atoms with Crippen molar-refractivity contribution in [2.75, 3.05) is 11.9 Å². The molecule has 21 heavy (non-hydrogen) atoms. The number of rotatable bonds is 4. The lowest BCUT2D eigenvalue weighted by molar-refractivity contribution is 0.453. The molecule has 0 amide bonds. The SMILES string of the molecule is CCNc1nc(C(C)(C)C)nc(Sc2nc(C)co2)c1C.